The Morgan fingerprint density at radius 2 is 1.24 bits per heavy atom. The quantitative estimate of drug-likeness (QED) is 0.212. The standard InChI is InChI=1S/C33H34N2O6S/c1-25-17-19-29(20-18-25)42(36,37)35-34-33-32(40-23-28-15-9-4-10-16-28)31(39-22-27-13-7-3-8-14-27)30(41-33)24-38-21-26-11-5-2-6-12-26/h2-20,30-32,35H,21-24H2,1H3/b34-33-/t30-,31-,32-/m1/s1. The molecule has 5 rings (SSSR count). The summed E-state index contributed by atoms with van der Waals surface area (Å²) < 4.78 is 50.9. The van der Waals surface area contributed by atoms with Gasteiger partial charge >= 0.3 is 0 Å². The molecular formula is C33H34N2O6S. The van der Waals surface area contributed by atoms with Gasteiger partial charge in [-0.1, -0.05) is 109 Å². The van der Waals surface area contributed by atoms with E-state index in [0.717, 1.165) is 22.3 Å². The van der Waals surface area contributed by atoms with Crippen molar-refractivity contribution in [2.45, 2.75) is 50.0 Å². The first kappa shape index (κ1) is 29.5. The Morgan fingerprint density at radius 3 is 1.81 bits per heavy atom. The van der Waals surface area contributed by atoms with Gasteiger partial charge in [0, 0.05) is 0 Å². The van der Waals surface area contributed by atoms with Crippen LogP contribution in [0.1, 0.15) is 22.3 Å². The maximum Gasteiger partial charge on any atom is 0.276 e. The van der Waals surface area contributed by atoms with Crippen LogP contribution < -0.4 is 4.83 Å². The number of hydrogen-bond acceptors (Lipinski definition) is 7. The van der Waals surface area contributed by atoms with Gasteiger partial charge in [-0.3, -0.25) is 0 Å². The molecule has 0 unspecified atom stereocenters. The molecule has 0 radical (unpaired) electrons. The molecule has 4 aromatic carbocycles. The average molecular weight is 587 g/mol. The van der Waals surface area contributed by atoms with Gasteiger partial charge in [0.1, 0.15) is 6.10 Å². The zero-order valence-corrected chi connectivity index (χ0v) is 24.2. The molecule has 0 bridgehead atoms. The molecule has 1 fully saturated rings. The van der Waals surface area contributed by atoms with Crippen molar-refractivity contribution in [1.29, 1.82) is 0 Å². The van der Waals surface area contributed by atoms with E-state index in [1.165, 1.54) is 12.1 Å². The zero-order valence-electron chi connectivity index (χ0n) is 23.3. The average Bonchev–Trinajstić information content (AvgIpc) is 3.35. The van der Waals surface area contributed by atoms with Crippen LogP contribution in [0.5, 0.6) is 0 Å². The van der Waals surface area contributed by atoms with E-state index >= 15 is 0 Å². The fourth-order valence-corrected chi connectivity index (χ4v) is 5.28. The van der Waals surface area contributed by atoms with Crippen molar-refractivity contribution in [2.75, 3.05) is 6.61 Å². The van der Waals surface area contributed by atoms with Gasteiger partial charge in [-0.25, -0.2) is 0 Å². The summed E-state index contributed by atoms with van der Waals surface area (Å²) in [5.41, 5.74) is 3.90. The molecular weight excluding hydrogens is 552 g/mol. The molecule has 9 heteroatoms. The number of hydrogen-bond donors (Lipinski definition) is 1. The summed E-state index contributed by atoms with van der Waals surface area (Å²) in [7, 11) is -3.94. The normalized spacial score (nSPS) is 19.5. The van der Waals surface area contributed by atoms with Crippen LogP contribution >= 0.6 is 0 Å². The van der Waals surface area contributed by atoms with Crippen molar-refractivity contribution in [3.05, 3.63) is 138 Å². The van der Waals surface area contributed by atoms with Crippen LogP contribution in [0.4, 0.5) is 0 Å². The summed E-state index contributed by atoms with van der Waals surface area (Å²) in [6.45, 7) is 3.01. The molecule has 1 saturated heterocycles. The lowest BCUT2D eigenvalue weighted by atomic mass is 10.1. The van der Waals surface area contributed by atoms with Crippen LogP contribution in [-0.2, 0) is 48.8 Å². The van der Waals surface area contributed by atoms with Gasteiger partial charge in [0.2, 0.25) is 5.90 Å². The highest BCUT2D eigenvalue weighted by Gasteiger charge is 2.45. The summed E-state index contributed by atoms with van der Waals surface area (Å²) in [6, 6.07) is 35.8. The number of nitrogens with one attached hydrogen (secondary N) is 1. The molecule has 0 spiro atoms. The Morgan fingerprint density at radius 1 is 0.714 bits per heavy atom. The molecule has 4 aromatic rings. The minimum absolute atomic E-state index is 0.0768. The number of hydrazone groups is 1. The smallest absolute Gasteiger partial charge is 0.276 e. The lowest BCUT2D eigenvalue weighted by Gasteiger charge is -2.22. The largest absolute Gasteiger partial charge is 0.469 e. The summed E-state index contributed by atoms with van der Waals surface area (Å²) in [4.78, 5) is 2.41. The van der Waals surface area contributed by atoms with E-state index < -0.39 is 28.3 Å². The topological polar surface area (TPSA) is 95.5 Å². The predicted molar refractivity (Wildman–Crippen MR) is 160 cm³/mol. The molecule has 0 amide bonds. The Labute approximate surface area is 247 Å². The number of nitrogens with zero attached hydrogens (tertiary/aromatic N) is 1. The van der Waals surface area contributed by atoms with Crippen LogP contribution in [0, 0.1) is 6.92 Å². The van der Waals surface area contributed by atoms with E-state index in [4.69, 9.17) is 18.9 Å². The van der Waals surface area contributed by atoms with Gasteiger partial charge in [-0.2, -0.15) is 13.2 Å². The maximum absolute atomic E-state index is 13.0. The molecule has 0 aliphatic carbocycles. The first-order valence-corrected chi connectivity index (χ1v) is 15.2. The molecule has 3 atom stereocenters. The third kappa shape index (κ3) is 8.04. The number of aryl methyl sites for hydroxylation is 1. The Hall–Kier alpha value is -4.02. The number of ether oxygens (including phenoxy) is 4. The minimum Gasteiger partial charge on any atom is -0.469 e. The van der Waals surface area contributed by atoms with Gasteiger partial charge in [0.05, 0.1) is 31.3 Å². The summed E-state index contributed by atoms with van der Waals surface area (Å²) in [6.07, 6.45) is -2.01. The van der Waals surface area contributed by atoms with Crippen LogP contribution in [0.25, 0.3) is 0 Å². The highest BCUT2D eigenvalue weighted by molar-refractivity contribution is 7.89. The molecule has 1 N–H and O–H groups in total. The maximum atomic E-state index is 13.0. The minimum atomic E-state index is -3.94. The van der Waals surface area contributed by atoms with Crippen molar-refractivity contribution in [3.8, 4) is 0 Å². The molecule has 8 nitrogen and oxygen atoms in total. The van der Waals surface area contributed by atoms with Gasteiger partial charge < -0.3 is 18.9 Å². The summed E-state index contributed by atoms with van der Waals surface area (Å²) >= 11 is 0. The third-order valence-electron chi connectivity index (χ3n) is 6.74. The SMILES string of the molecule is Cc1ccc(S(=O)(=O)N/N=C2\O[C@H](COCc3ccccc3)[C@@H](OCc3ccccc3)[C@H]2OCc2ccccc2)cc1. The molecule has 42 heavy (non-hydrogen) atoms. The molecule has 1 aliphatic heterocycles. The number of sulfonamides is 1. The number of benzene rings is 4. The lowest BCUT2D eigenvalue weighted by Crippen LogP contribution is -2.38. The van der Waals surface area contributed by atoms with E-state index in [9.17, 15) is 8.42 Å². The monoisotopic (exact) mass is 586 g/mol. The fourth-order valence-electron chi connectivity index (χ4n) is 4.47. The highest BCUT2D eigenvalue weighted by Crippen LogP contribution is 2.26. The first-order chi connectivity index (χ1) is 20.5. The van der Waals surface area contributed by atoms with Crippen LogP contribution in [0.2, 0.25) is 0 Å². The van der Waals surface area contributed by atoms with E-state index in [1.807, 2.05) is 97.9 Å². The summed E-state index contributed by atoms with van der Waals surface area (Å²) in [5, 5.41) is 4.21. The van der Waals surface area contributed by atoms with Crippen LogP contribution in [-0.4, -0.2) is 39.2 Å². The first-order valence-electron chi connectivity index (χ1n) is 13.7. The van der Waals surface area contributed by atoms with Gasteiger partial charge in [-0.05, 0) is 35.7 Å². The highest BCUT2D eigenvalue weighted by atomic mass is 32.2. The molecule has 218 valence electrons. The molecule has 0 saturated carbocycles. The third-order valence-corrected chi connectivity index (χ3v) is 7.96. The van der Waals surface area contributed by atoms with E-state index in [-0.39, 0.29) is 24.0 Å². The Kier molecular flexibility index (Phi) is 9.99. The van der Waals surface area contributed by atoms with E-state index in [0.29, 0.717) is 13.2 Å². The van der Waals surface area contributed by atoms with Gasteiger partial charge in [0.15, 0.2) is 12.2 Å². The second-order valence-electron chi connectivity index (χ2n) is 9.99. The molecule has 1 aliphatic rings. The van der Waals surface area contributed by atoms with Crippen molar-refractivity contribution >= 4 is 15.9 Å². The Bertz CT molecular complexity index is 1530. The predicted octanol–water partition coefficient (Wildman–Crippen LogP) is 5.37. The number of rotatable bonds is 13. The van der Waals surface area contributed by atoms with E-state index in [2.05, 4.69) is 9.93 Å². The van der Waals surface area contributed by atoms with Crippen molar-refractivity contribution in [3.63, 3.8) is 0 Å². The molecule has 0 aromatic heterocycles. The Balaban J connectivity index is 1.38. The van der Waals surface area contributed by atoms with Crippen molar-refractivity contribution < 1.29 is 27.4 Å². The van der Waals surface area contributed by atoms with Crippen LogP contribution in [0.15, 0.2) is 125 Å². The molecule has 1 heterocycles. The van der Waals surface area contributed by atoms with Crippen molar-refractivity contribution in [2.24, 2.45) is 5.10 Å². The lowest BCUT2D eigenvalue weighted by molar-refractivity contribution is -0.0894. The van der Waals surface area contributed by atoms with Crippen molar-refractivity contribution in [1.82, 2.24) is 4.83 Å². The fraction of sp³-hybridized carbons (Fsp3) is 0.242. The summed E-state index contributed by atoms with van der Waals surface area (Å²) in [5.74, 6) is 0.0768. The van der Waals surface area contributed by atoms with E-state index in [1.54, 1.807) is 12.1 Å². The second-order valence-corrected chi connectivity index (χ2v) is 11.7. The second kappa shape index (κ2) is 14.2. The van der Waals surface area contributed by atoms with Gasteiger partial charge in [-0.15, -0.1) is 5.10 Å². The zero-order chi connectivity index (χ0) is 29.2. The van der Waals surface area contributed by atoms with Crippen LogP contribution in [0.3, 0.4) is 0 Å². The van der Waals surface area contributed by atoms with Gasteiger partial charge in [0.25, 0.3) is 10.0 Å².